The third-order valence-corrected chi connectivity index (χ3v) is 6.27. The quantitative estimate of drug-likeness (QED) is 0.688. The minimum Gasteiger partial charge on any atom is -0.452 e. The molecule has 0 unspecified atom stereocenters. The Bertz CT molecular complexity index is 1070. The monoisotopic (exact) mass is 429 g/mol. The fourth-order valence-electron chi connectivity index (χ4n) is 2.79. The third kappa shape index (κ3) is 5.01. The highest BCUT2D eigenvalue weighted by Gasteiger charge is 2.26. The lowest BCUT2D eigenvalue weighted by Gasteiger charge is -2.26. The first-order chi connectivity index (χ1) is 14.4. The van der Waals surface area contributed by atoms with Gasteiger partial charge in [-0.25, -0.2) is 13.2 Å². The maximum atomic E-state index is 12.6. The predicted octanol–water partition coefficient (Wildman–Crippen LogP) is 1.37. The molecule has 0 aliphatic carbocycles. The first-order valence-corrected chi connectivity index (χ1v) is 10.5. The molecule has 0 saturated carbocycles. The summed E-state index contributed by atoms with van der Waals surface area (Å²) in [6, 6.07) is 13.7. The van der Waals surface area contributed by atoms with Crippen molar-refractivity contribution in [2.45, 2.75) is 4.90 Å². The summed E-state index contributed by atoms with van der Waals surface area (Å²) in [5, 5.41) is 11.5. The lowest BCUT2D eigenvalue weighted by molar-refractivity contribution is -0.119. The summed E-state index contributed by atoms with van der Waals surface area (Å²) in [4.78, 5) is 24.2. The predicted molar refractivity (Wildman–Crippen MR) is 106 cm³/mol. The molecule has 1 heterocycles. The summed E-state index contributed by atoms with van der Waals surface area (Å²) in [6.07, 6.45) is 0. The SMILES string of the molecule is N#Cc1ccccc1NC(=O)COC(=O)c1ccc(S(=O)(=O)N2CCOCC2)cc1. The molecular weight excluding hydrogens is 410 g/mol. The number of hydrogen-bond acceptors (Lipinski definition) is 7. The Labute approximate surface area is 173 Å². The van der Waals surface area contributed by atoms with Gasteiger partial charge in [0.15, 0.2) is 6.61 Å². The largest absolute Gasteiger partial charge is 0.452 e. The average molecular weight is 429 g/mol. The lowest BCUT2D eigenvalue weighted by atomic mass is 10.2. The normalized spacial score (nSPS) is 14.5. The van der Waals surface area contributed by atoms with E-state index in [1.807, 2.05) is 6.07 Å². The van der Waals surface area contributed by atoms with E-state index in [0.29, 0.717) is 18.9 Å². The molecular formula is C20H19N3O6S. The van der Waals surface area contributed by atoms with E-state index in [1.165, 1.54) is 28.6 Å². The maximum Gasteiger partial charge on any atom is 0.338 e. The Kier molecular flexibility index (Phi) is 6.79. The van der Waals surface area contributed by atoms with Gasteiger partial charge in [-0.2, -0.15) is 9.57 Å². The van der Waals surface area contributed by atoms with Gasteiger partial charge in [0, 0.05) is 13.1 Å². The van der Waals surface area contributed by atoms with Crippen molar-refractivity contribution < 1.29 is 27.5 Å². The van der Waals surface area contributed by atoms with Crippen LogP contribution in [-0.4, -0.2) is 57.5 Å². The minimum atomic E-state index is -3.66. The summed E-state index contributed by atoms with van der Waals surface area (Å²) >= 11 is 0. The molecule has 1 aliphatic rings. The standard InChI is InChI=1S/C20H19N3O6S/c21-13-16-3-1-2-4-18(16)22-19(24)14-29-20(25)15-5-7-17(8-6-15)30(26,27)23-9-11-28-12-10-23/h1-8H,9-12,14H2,(H,22,24). The van der Waals surface area contributed by atoms with Crippen molar-refractivity contribution in [3.63, 3.8) is 0 Å². The van der Waals surface area contributed by atoms with Crippen molar-refractivity contribution in [1.29, 1.82) is 5.26 Å². The van der Waals surface area contributed by atoms with Crippen LogP contribution in [0, 0.1) is 11.3 Å². The molecule has 0 spiro atoms. The highest BCUT2D eigenvalue weighted by atomic mass is 32.2. The highest BCUT2D eigenvalue weighted by molar-refractivity contribution is 7.89. The molecule has 10 heteroatoms. The van der Waals surface area contributed by atoms with Gasteiger partial charge in [0.25, 0.3) is 5.91 Å². The fraction of sp³-hybridized carbons (Fsp3) is 0.250. The summed E-state index contributed by atoms with van der Waals surface area (Å²) in [5.41, 5.74) is 0.717. The molecule has 0 aromatic heterocycles. The van der Waals surface area contributed by atoms with Gasteiger partial charge in [-0.3, -0.25) is 4.79 Å². The van der Waals surface area contributed by atoms with Gasteiger partial charge in [0.1, 0.15) is 6.07 Å². The Morgan fingerprint density at radius 2 is 1.77 bits per heavy atom. The van der Waals surface area contributed by atoms with Crippen LogP contribution >= 0.6 is 0 Å². The molecule has 0 atom stereocenters. The molecule has 156 valence electrons. The van der Waals surface area contributed by atoms with Gasteiger partial charge in [0.05, 0.1) is 34.9 Å². The van der Waals surface area contributed by atoms with Gasteiger partial charge in [-0.1, -0.05) is 12.1 Å². The molecule has 2 aromatic rings. The Hall–Kier alpha value is -3.26. The molecule has 30 heavy (non-hydrogen) atoms. The van der Waals surface area contributed by atoms with Crippen LogP contribution in [0.3, 0.4) is 0 Å². The van der Waals surface area contributed by atoms with E-state index in [0.717, 1.165) is 0 Å². The molecule has 0 radical (unpaired) electrons. The number of morpholine rings is 1. The number of para-hydroxylation sites is 1. The van der Waals surface area contributed by atoms with Crippen LogP contribution < -0.4 is 5.32 Å². The topological polar surface area (TPSA) is 126 Å². The second-order valence-corrected chi connectivity index (χ2v) is 8.26. The number of nitriles is 1. The molecule has 1 amide bonds. The smallest absolute Gasteiger partial charge is 0.338 e. The van der Waals surface area contributed by atoms with Crippen LogP contribution in [0.5, 0.6) is 0 Å². The van der Waals surface area contributed by atoms with Crippen LogP contribution in [-0.2, 0) is 24.3 Å². The van der Waals surface area contributed by atoms with Gasteiger partial charge < -0.3 is 14.8 Å². The third-order valence-electron chi connectivity index (χ3n) is 4.35. The van der Waals surface area contributed by atoms with Crippen molar-refractivity contribution in [3.8, 4) is 6.07 Å². The zero-order valence-corrected chi connectivity index (χ0v) is 16.7. The van der Waals surface area contributed by atoms with Crippen LogP contribution in [0.15, 0.2) is 53.4 Å². The second-order valence-electron chi connectivity index (χ2n) is 6.32. The molecule has 1 fully saturated rings. The molecule has 9 nitrogen and oxygen atoms in total. The van der Waals surface area contributed by atoms with E-state index in [9.17, 15) is 18.0 Å². The van der Waals surface area contributed by atoms with Crippen molar-refractivity contribution in [2.24, 2.45) is 0 Å². The number of rotatable bonds is 6. The molecule has 1 saturated heterocycles. The Morgan fingerprint density at radius 3 is 2.43 bits per heavy atom. The van der Waals surface area contributed by atoms with Gasteiger partial charge in [0.2, 0.25) is 10.0 Å². The Morgan fingerprint density at radius 1 is 1.10 bits per heavy atom. The van der Waals surface area contributed by atoms with E-state index < -0.39 is 28.5 Å². The van der Waals surface area contributed by atoms with Gasteiger partial charge in [-0.05, 0) is 36.4 Å². The van der Waals surface area contributed by atoms with Crippen LogP contribution in [0.25, 0.3) is 0 Å². The van der Waals surface area contributed by atoms with E-state index >= 15 is 0 Å². The van der Waals surface area contributed by atoms with Gasteiger partial charge >= 0.3 is 5.97 Å². The van der Waals surface area contributed by atoms with E-state index in [4.69, 9.17) is 14.7 Å². The van der Waals surface area contributed by atoms with E-state index in [2.05, 4.69) is 5.32 Å². The number of amides is 1. The number of ether oxygens (including phenoxy) is 2. The number of benzene rings is 2. The van der Waals surface area contributed by atoms with Crippen molar-refractivity contribution >= 4 is 27.6 Å². The zero-order valence-electron chi connectivity index (χ0n) is 15.9. The molecule has 1 aliphatic heterocycles. The minimum absolute atomic E-state index is 0.0619. The first kappa shape index (κ1) is 21.4. The Balaban J connectivity index is 1.58. The maximum absolute atomic E-state index is 12.6. The van der Waals surface area contributed by atoms with Crippen LogP contribution in [0.2, 0.25) is 0 Å². The fourth-order valence-corrected chi connectivity index (χ4v) is 4.20. The second kappa shape index (κ2) is 9.49. The van der Waals surface area contributed by atoms with E-state index in [1.54, 1.807) is 24.3 Å². The summed E-state index contributed by atoms with van der Waals surface area (Å²) < 4.78 is 36.6. The number of carbonyl (C=O) groups is 2. The van der Waals surface area contributed by atoms with Gasteiger partial charge in [-0.15, -0.1) is 0 Å². The van der Waals surface area contributed by atoms with Crippen molar-refractivity contribution in [1.82, 2.24) is 4.31 Å². The number of carbonyl (C=O) groups excluding carboxylic acids is 2. The summed E-state index contributed by atoms with van der Waals surface area (Å²) in [6.45, 7) is 0.674. The number of nitrogens with zero attached hydrogens (tertiary/aromatic N) is 2. The lowest BCUT2D eigenvalue weighted by Crippen LogP contribution is -2.40. The molecule has 1 N–H and O–H groups in total. The average Bonchev–Trinajstić information content (AvgIpc) is 2.78. The van der Waals surface area contributed by atoms with E-state index in [-0.39, 0.29) is 29.1 Å². The molecule has 3 rings (SSSR count). The number of sulfonamides is 1. The molecule has 0 bridgehead atoms. The molecule has 2 aromatic carbocycles. The number of anilines is 1. The van der Waals surface area contributed by atoms with Crippen LogP contribution in [0.1, 0.15) is 15.9 Å². The first-order valence-electron chi connectivity index (χ1n) is 9.06. The van der Waals surface area contributed by atoms with Crippen molar-refractivity contribution in [2.75, 3.05) is 38.2 Å². The van der Waals surface area contributed by atoms with Crippen molar-refractivity contribution in [3.05, 3.63) is 59.7 Å². The highest BCUT2D eigenvalue weighted by Crippen LogP contribution is 2.18. The summed E-state index contributed by atoms with van der Waals surface area (Å²) in [7, 11) is -3.66. The number of nitrogens with one attached hydrogen (secondary N) is 1. The zero-order chi connectivity index (χ0) is 21.6. The number of esters is 1. The number of hydrogen-bond donors (Lipinski definition) is 1. The van der Waals surface area contributed by atoms with Crippen LogP contribution in [0.4, 0.5) is 5.69 Å². The summed E-state index contributed by atoms with van der Waals surface area (Å²) in [5.74, 6) is -1.37.